The highest BCUT2D eigenvalue weighted by Crippen LogP contribution is 2.17. The zero-order chi connectivity index (χ0) is 12.5. The predicted molar refractivity (Wildman–Crippen MR) is 58.7 cm³/mol. The summed E-state index contributed by atoms with van der Waals surface area (Å²) < 4.78 is 39.3. The van der Waals surface area contributed by atoms with Crippen LogP contribution in [0.15, 0.2) is 42.5 Å². The first-order valence-electron chi connectivity index (χ1n) is 4.87. The van der Waals surface area contributed by atoms with Crippen molar-refractivity contribution >= 4 is 23.4 Å². The van der Waals surface area contributed by atoms with Crippen LogP contribution in [0.5, 0.6) is 0 Å². The van der Waals surface area contributed by atoms with Crippen LogP contribution in [0.2, 0.25) is 0 Å². The van der Waals surface area contributed by atoms with Crippen LogP contribution in [0.3, 0.4) is 0 Å². The molecule has 0 amide bonds. The van der Waals surface area contributed by atoms with Gasteiger partial charge in [-0.2, -0.15) is 0 Å². The monoisotopic (exact) mass is 240 g/mol. The van der Waals surface area contributed by atoms with Gasteiger partial charge in [-0.15, -0.1) is 13.2 Å². The third-order valence-electron chi connectivity index (χ3n) is 2.30. The van der Waals surface area contributed by atoms with Crippen molar-refractivity contribution in [3.05, 3.63) is 42.5 Å². The summed E-state index contributed by atoms with van der Waals surface area (Å²) in [6, 6.07) is 11.7. The van der Waals surface area contributed by atoms with Gasteiger partial charge >= 0.3 is 13.5 Å². The molecule has 17 heavy (non-hydrogen) atoms. The van der Waals surface area contributed by atoms with E-state index in [9.17, 15) is 18.2 Å². The molecule has 0 bridgehead atoms. The average Bonchev–Trinajstić information content (AvgIpc) is 2.26. The molecule has 0 atom stereocenters. The number of fused-ring (bicyclic) bond motifs is 1. The second kappa shape index (κ2) is 4.39. The van der Waals surface area contributed by atoms with Gasteiger partial charge in [0.2, 0.25) is 0 Å². The molecule has 0 spiro atoms. The molecular weight excluding hydrogens is 232 g/mol. The summed E-state index contributed by atoms with van der Waals surface area (Å²) in [5.74, 6) is 0. The zero-order valence-electron chi connectivity index (χ0n) is 8.61. The summed E-state index contributed by atoms with van der Waals surface area (Å²) in [5.41, 5.74) is 0.0704. The van der Waals surface area contributed by atoms with Crippen LogP contribution in [-0.2, 0) is 4.65 Å². The average molecular weight is 240 g/mol. The van der Waals surface area contributed by atoms with E-state index in [0.29, 0.717) is 0 Å². The molecule has 88 valence electrons. The smallest absolute Gasteiger partial charge is 0.423 e. The second-order valence-electron chi connectivity index (χ2n) is 3.52. The summed E-state index contributed by atoms with van der Waals surface area (Å²) in [6.45, 7) is 0. The molecule has 2 aromatic carbocycles. The standard InChI is InChI=1S/C11H8BF3O2/c13-11(14,15)17-12(16)10-6-5-8-3-1-2-4-9(8)7-10/h1-7,16H. The van der Waals surface area contributed by atoms with Gasteiger partial charge in [-0.05, 0) is 16.2 Å². The normalized spacial score (nSPS) is 11.8. The lowest BCUT2D eigenvalue weighted by atomic mass is 9.79. The number of hydrogen-bond donors (Lipinski definition) is 1. The summed E-state index contributed by atoms with van der Waals surface area (Å²) in [6.07, 6.45) is -4.86. The second-order valence-corrected chi connectivity index (χ2v) is 3.52. The van der Waals surface area contributed by atoms with Gasteiger partial charge in [0, 0.05) is 0 Å². The third-order valence-corrected chi connectivity index (χ3v) is 2.30. The maximum absolute atomic E-state index is 11.9. The summed E-state index contributed by atoms with van der Waals surface area (Å²) in [5, 5.41) is 10.9. The molecule has 0 fully saturated rings. The van der Waals surface area contributed by atoms with E-state index in [1.807, 2.05) is 12.1 Å². The van der Waals surface area contributed by atoms with E-state index in [4.69, 9.17) is 0 Å². The Morgan fingerprint density at radius 1 is 1.00 bits per heavy atom. The number of halogens is 3. The largest absolute Gasteiger partial charge is 0.510 e. The molecule has 0 radical (unpaired) electrons. The van der Waals surface area contributed by atoms with Gasteiger partial charge in [0.25, 0.3) is 0 Å². The van der Waals surface area contributed by atoms with Gasteiger partial charge in [-0.3, -0.25) is 0 Å². The van der Waals surface area contributed by atoms with E-state index in [2.05, 4.69) is 4.65 Å². The molecule has 0 aromatic heterocycles. The van der Waals surface area contributed by atoms with E-state index in [1.165, 1.54) is 12.1 Å². The minimum atomic E-state index is -4.86. The van der Waals surface area contributed by atoms with Crippen molar-refractivity contribution in [1.29, 1.82) is 0 Å². The molecule has 0 aliphatic rings. The van der Waals surface area contributed by atoms with Crippen molar-refractivity contribution in [3.63, 3.8) is 0 Å². The molecular formula is C11H8BF3O2. The zero-order valence-corrected chi connectivity index (χ0v) is 8.61. The highest BCUT2D eigenvalue weighted by molar-refractivity contribution is 6.60. The van der Waals surface area contributed by atoms with Gasteiger partial charge in [0.15, 0.2) is 0 Å². The Bertz CT molecular complexity index is 527. The maximum Gasteiger partial charge on any atom is 0.510 e. The first-order valence-corrected chi connectivity index (χ1v) is 4.87. The number of benzene rings is 2. The van der Waals surface area contributed by atoms with Crippen molar-refractivity contribution in [2.75, 3.05) is 0 Å². The number of rotatable bonds is 2. The first kappa shape index (κ1) is 11.9. The van der Waals surface area contributed by atoms with Gasteiger partial charge in [0.05, 0.1) is 0 Å². The van der Waals surface area contributed by atoms with Crippen LogP contribution in [-0.4, -0.2) is 18.5 Å². The van der Waals surface area contributed by atoms with Gasteiger partial charge in [0.1, 0.15) is 0 Å². The molecule has 0 unspecified atom stereocenters. The Balaban J connectivity index is 2.30. The Labute approximate surface area is 95.8 Å². The van der Waals surface area contributed by atoms with Gasteiger partial charge in [-0.1, -0.05) is 42.5 Å². The van der Waals surface area contributed by atoms with Crippen molar-refractivity contribution in [2.24, 2.45) is 0 Å². The maximum atomic E-state index is 11.9. The van der Waals surface area contributed by atoms with Crippen LogP contribution in [0.1, 0.15) is 0 Å². The fourth-order valence-corrected chi connectivity index (χ4v) is 1.56. The van der Waals surface area contributed by atoms with E-state index >= 15 is 0 Å². The Morgan fingerprint density at radius 3 is 2.29 bits per heavy atom. The first-order chi connectivity index (χ1) is 7.96. The van der Waals surface area contributed by atoms with Crippen LogP contribution in [0.4, 0.5) is 13.2 Å². The van der Waals surface area contributed by atoms with Crippen molar-refractivity contribution in [2.45, 2.75) is 6.36 Å². The molecule has 0 saturated carbocycles. The Kier molecular flexibility index (Phi) is 3.08. The van der Waals surface area contributed by atoms with Crippen molar-refractivity contribution < 1.29 is 22.8 Å². The van der Waals surface area contributed by atoms with Crippen molar-refractivity contribution in [3.8, 4) is 0 Å². The summed E-state index contributed by atoms with van der Waals surface area (Å²) in [7, 11) is -2.00. The lowest BCUT2D eigenvalue weighted by molar-refractivity contribution is -0.282. The fraction of sp³-hybridized carbons (Fsp3) is 0.0909. The summed E-state index contributed by atoms with van der Waals surface area (Å²) in [4.78, 5) is 0. The molecule has 2 aromatic rings. The highest BCUT2D eigenvalue weighted by Gasteiger charge is 2.36. The van der Waals surface area contributed by atoms with Crippen LogP contribution in [0, 0.1) is 0 Å². The molecule has 0 aliphatic heterocycles. The van der Waals surface area contributed by atoms with E-state index < -0.39 is 13.5 Å². The minimum absolute atomic E-state index is 0.0704. The SMILES string of the molecule is OB(OC(F)(F)F)c1ccc2ccccc2c1. The quantitative estimate of drug-likeness (QED) is 0.814. The molecule has 0 saturated heterocycles. The Morgan fingerprint density at radius 2 is 1.65 bits per heavy atom. The summed E-state index contributed by atoms with van der Waals surface area (Å²) >= 11 is 0. The molecule has 2 nitrogen and oxygen atoms in total. The molecule has 0 aliphatic carbocycles. The lowest BCUT2D eigenvalue weighted by Gasteiger charge is -2.11. The fourth-order valence-electron chi connectivity index (χ4n) is 1.56. The number of alkyl halides is 3. The molecule has 6 heteroatoms. The predicted octanol–water partition coefficient (Wildman–Crippen LogP) is 2.06. The third kappa shape index (κ3) is 2.98. The van der Waals surface area contributed by atoms with Gasteiger partial charge in [-0.25, -0.2) is 0 Å². The molecule has 1 N–H and O–H groups in total. The molecule has 0 heterocycles. The van der Waals surface area contributed by atoms with E-state index in [1.54, 1.807) is 18.2 Å². The number of hydrogen-bond acceptors (Lipinski definition) is 2. The lowest BCUT2D eigenvalue weighted by Crippen LogP contribution is -2.38. The minimum Gasteiger partial charge on any atom is -0.423 e. The Hall–Kier alpha value is -1.53. The topological polar surface area (TPSA) is 29.5 Å². The van der Waals surface area contributed by atoms with E-state index in [-0.39, 0.29) is 5.46 Å². The van der Waals surface area contributed by atoms with Crippen molar-refractivity contribution in [1.82, 2.24) is 0 Å². The highest BCUT2D eigenvalue weighted by atomic mass is 19.4. The van der Waals surface area contributed by atoms with Crippen LogP contribution >= 0.6 is 0 Å². The van der Waals surface area contributed by atoms with Gasteiger partial charge < -0.3 is 9.68 Å². The van der Waals surface area contributed by atoms with Crippen LogP contribution < -0.4 is 5.46 Å². The van der Waals surface area contributed by atoms with E-state index in [0.717, 1.165) is 10.8 Å². The molecule has 2 rings (SSSR count). The van der Waals surface area contributed by atoms with Crippen LogP contribution in [0.25, 0.3) is 10.8 Å².